The molecule has 6 aromatic carbocycles. The molecule has 36 heteroatoms. The Kier molecular flexibility index (Phi) is 23.8. The van der Waals surface area contributed by atoms with Gasteiger partial charge >= 0.3 is 0 Å². The molecule has 1 saturated heterocycles. The topological polar surface area (TPSA) is 516 Å². The fraction of sp³-hybridized carbons (Fsp3) is 0.450. The number of hydrogen-bond acceptors (Lipinski definition) is 26. The van der Waals surface area contributed by atoms with Crippen LogP contribution in [0.25, 0.3) is 11.1 Å². The van der Waals surface area contributed by atoms with E-state index < -0.39 is 195 Å². The molecule has 0 radical (unpaired) electrons. The molecule has 6 aromatic rings. The van der Waals surface area contributed by atoms with Crippen LogP contribution in [0.5, 0.6) is 40.2 Å². The van der Waals surface area contributed by atoms with Crippen molar-refractivity contribution in [1.82, 2.24) is 47.3 Å². The third kappa shape index (κ3) is 16.7. The molecule has 4 saturated carbocycles. The number of aliphatic hydroxyl groups is 8. The zero-order valence-corrected chi connectivity index (χ0v) is 64.6. The van der Waals surface area contributed by atoms with Gasteiger partial charge in [0, 0.05) is 23.8 Å². The molecule has 5 aliphatic carbocycles. The largest absolute Gasteiger partial charge is 0.508 e. The van der Waals surface area contributed by atoms with E-state index in [4.69, 9.17) is 40.0 Å². The summed E-state index contributed by atoms with van der Waals surface area (Å²) in [6, 6.07) is 6.73. The number of halogens is 1. The van der Waals surface area contributed by atoms with Crippen LogP contribution in [0.15, 0.2) is 114 Å². The van der Waals surface area contributed by atoms with Gasteiger partial charge in [-0.3, -0.25) is 38.4 Å². The summed E-state index contributed by atoms with van der Waals surface area (Å²) in [5.41, 5.74) is -2.08. The number of aliphatic hydroxyl groups excluding tert-OH is 6. The Morgan fingerprint density at radius 3 is 1.98 bits per heavy atom. The standard InChI is InChI=1S/C80H90ClN9O25S/c1-5-110-18-19-111-44-12-14-46(15-13-44)116(108,109)90-58(93)32-53-73(100)85-62-42-28-55(71(115-79-70(98)69(97)68(96)57(33-91)114-79)56(29-42)113-54-17-9-39(27-51(54)81)67(95)65(77(104)83-53)88-72(99)52(82-4)20-34(2)3)112-45-10-6-37(7-11-45)66(94)64-78(105)87-63(76(103)84-60-40-22-35-21-36(24-40)25-41(60)23-35)48-30-43(92)31-50-59(48)47-26-38(8-16-49(47)80(50,106)107)61(74(101)89-64)86-75(62)102/h6-17,26-31,34-36,40-41,52-53,57,60-70,79,82,91-92,94-98,106-107H,5,18-25,32-33H2,1-4H3,(H,83,104)(H,84,103)(H,85,100)(H,86,102)(H,87,105)(H,88,99)(H,89,101)(H,90,93)/t35?,36?,40?,41?,52-,53+,57-,60?,61-,62-,63+,64+,65-,66-,67-,68-,69+,70-,79+/m1/s1. The summed E-state index contributed by atoms with van der Waals surface area (Å²) in [6.45, 7) is 5.14. The van der Waals surface area contributed by atoms with E-state index in [9.17, 15) is 64.0 Å². The number of nitrogens with one attached hydrogen (secondary N) is 9. The lowest BCUT2D eigenvalue weighted by Crippen LogP contribution is -2.60. The molecule has 11 aliphatic rings. The first-order valence-corrected chi connectivity index (χ1v) is 40.0. The summed E-state index contributed by atoms with van der Waals surface area (Å²) in [7, 11) is -3.44. The minimum absolute atomic E-state index is 0.0816. The molecule has 34 nitrogen and oxygen atoms in total. The zero-order valence-electron chi connectivity index (χ0n) is 63.1. The summed E-state index contributed by atoms with van der Waals surface area (Å²) in [4.78, 5) is 123. The predicted molar refractivity (Wildman–Crippen MR) is 406 cm³/mol. The van der Waals surface area contributed by atoms with Crippen molar-refractivity contribution in [1.29, 1.82) is 0 Å². The van der Waals surface area contributed by atoms with Gasteiger partial charge in [0.05, 0.1) is 35.6 Å². The van der Waals surface area contributed by atoms with E-state index in [-0.39, 0.29) is 110 Å². The second-order valence-corrected chi connectivity index (χ2v) is 33.1. The maximum Gasteiger partial charge on any atom is 0.264 e. The highest BCUT2D eigenvalue weighted by molar-refractivity contribution is 7.90. The Bertz CT molecular complexity index is 4910. The number of aromatic hydroxyl groups is 1. The molecule has 5 fully saturated rings. The average Bonchev–Trinajstić information content (AvgIpc) is 1.55. The Hall–Kier alpha value is -10.1. The second kappa shape index (κ2) is 33.5. The maximum atomic E-state index is 16.4. The van der Waals surface area contributed by atoms with E-state index in [1.165, 1.54) is 73.8 Å². The number of carbonyl (C=O) groups excluding carboxylic acids is 8. The van der Waals surface area contributed by atoms with Gasteiger partial charge in [-0.15, -0.1) is 0 Å². The van der Waals surface area contributed by atoms with Gasteiger partial charge in [0.15, 0.2) is 11.5 Å². The molecule has 14 atom stereocenters. The van der Waals surface area contributed by atoms with Crippen LogP contribution >= 0.6 is 11.6 Å². The van der Waals surface area contributed by atoms with Crippen LogP contribution in [0, 0.1) is 29.6 Å². The highest BCUT2D eigenvalue weighted by Gasteiger charge is 2.52. The lowest BCUT2D eigenvalue weighted by Gasteiger charge is -2.54. The molecule has 18 N–H and O–H groups in total. The molecule has 116 heavy (non-hydrogen) atoms. The van der Waals surface area contributed by atoms with Gasteiger partial charge in [-0.25, -0.2) is 13.1 Å². The van der Waals surface area contributed by atoms with Gasteiger partial charge in [0.1, 0.15) is 102 Å². The Morgan fingerprint density at radius 1 is 0.664 bits per heavy atom. The Balaban J connectivity index is 0.941. The summed E-state index contributed by atoms with van der Waals surface area (Å²) < 4.78 is 66.6. The molecule has 17 rings (SSSR count). The highest BCUT2D eigenvalue weighted by atomic mass is 35.5. The smallest absolute Gasteiger partial charge is 0.264 e. The number of phenols is 1. The van der Waals surface area contributed by atoms with Crippen molar-refractivity contribution in [3.63, 3.8) is 0 Å². The summed E-state index contributed by atoms with van der Waals surface area (Å²) in [6.07, 6.45) is -10.8. The minimum atomic E-state index is -4.90. The van der Waals surface area contributed by atoms with Crippen LogP contribution in [-0.2, 0) is 63.6 Å². The number of carbonyl (C=O) groups is 8. The van der Waals surface area contributed by atoms with E-state index in [1.54, 1.807) is 20.8 Å². The number of benzene rings is 6. The molecular weight excluding hydrogens is 1550 g/mol. The third-order valence-electron chi connectivity index (χ3n) is 22.7. The molecule has 8 amide bonds. The number of rotatable bonds is 19. The van der Waals surface area contributed by atoms with Crippen LogP contribution in [-0.4, -0.2) is 196 Å². The number of likely N-dealkylation sites (N-methyl/N-ethyl adjacent to an activating group) is 1. The van der Waals surface area contributed by atoms with Crippen molar-refractivity contribution in [2.24, 2.45) is 29.6 Å². The third-order valence-corrected chi connectivity index (χ3v) is 24.4. The van der Waals surface area contributed by atoms with Crippen LogP contribution in [0.1, 0.15) is 135 Å². The molecular formula is C80H90ClN9O25S. The van der Waals surface area contributed by atoms with E-state index in [1.807, 2.05) is 4.72 Å². The normalized spacial score (nSPS) is 28.7. The van der Waals surface area contributed by atoms with E-state index in [0.29, 0.717) is 18.4 Å². The summed E-state index contributed by atoms with van der Waals surface area (Å²) in [5, 5.41) is 126. The van der Waals surface area contributed by atoms with Crippen molar-refractivity contribution in [2.45, 2.75) is 168 Å². The first-order valence-electron chi connectivity index (χ1n) is 38.2. The fourth-order valence-corrected chi connectivity index (χ4v) is 18.4. The van der Waals surface area contributed by atoms with Crippen LogP contribution in [0.2, 0.25) is 5.02 Å². The monoisotopic (exact) mass is 1640 g/mol. The van der Waals surface area contributed by atoms with Crippen LogP contribution in [0.3, 0.4) is 0 Å². The first kappa shape index (κ1) is 82.4. The summed E-state index contributed by atoms with van der Waals surface area (Å²) >= 11 is 7.09. The number of ether oxygens (including phenoxy) is 6. The maximum absolute atomic E-state index is 16.4. The molecule has 6 heterocycles. The van der Waals surface area contributed by atoms with Crippen LogP contribution in [0.4, 0.5) is 0 Å². The van der Waals surface area contributed by atoms with Crippen molar-refractivity contribution < 1.29 is 121 Å². The fourth-order valence-electron chi connectivity index (χ4n) is 17.2. The number of fused-ring (bicyclic) bond motifs is 12. The van der Waals surface area contributed by atoms with Crippen molar-refractivity contribution in [3.8, 4) is 51.4 Å². The number of hydrogen-bond donors (Lipinski definition) is 18. The van der Waals surface area contributed by atoms with Crippen LogP contribution < -0.4 is 66.2 Å². The molecule has 6 aliphatic heterocycles. The Labute approximate surface area is 669 Å². The minimum Gasteiger partial charge on any atom is -0.508 e. The zero-order chi connectivity index (χ0) is 82.7. The van der Waals surface area contributed by atoms with E-state index in [0.717, 1.165) is 74.6 Å². The number of phenolic OH excluding ortho intramolecular Hbond substituents is 1. The Morgan fingerprint density at radius 2 is 1.32 bits per heavy atom. The van der Waals surface area contributed by atoms with E-state index >= 15 is 28.8 Å². The lowest BCUT2D eigenvalue weighted by atomic mass is 9.54. The van der Waals surface area contributed by atoms with Gasteiger partial charge in [0.2, 0.25) is 65.1 Å². The SMILES string of the molecule is CCOCCOc1ccc(S(=O)(=O)NC(=O)C[C@@H]2NC(=O)[C@H](NC(=O)[C@@H](CC(C)C)NC)[C@H](O)c3ccc(c(Cl)c3)Oc3cc4cc(c3O[C@@H]3O[C@H](CO)[C@@H](O)[C@H](O)[C@H]3O)Oc3ccc(cc3)[C@@H](O)[C@@H]3NC(=O)[C@H](NC(=O)[C@@H]4NC2=O)c2ccc4c(c2)-c2c(cc(O)cc2C4(O)O)[C@@H](C(=O)NC2C4CC5CC(C4)CC2C5)NC3=O)cc1. The number of sulfonamides is 1. The molecule has 0 aromatic heterocycles. The molecule has 618 valence electrons. The predicted octanol–water partition coefficient (Wildman–Crippen LogP) is 1.59. The first-order chi connectivity index (χ1) is 55.3. The second-order valence-electron chi connectivity index (χ2n) is 31.0. The quantitative estimate of drug-likeness (QED) is 0.0404. The van der Waals surface area contributed by atoms with Gasteiger partial charge in [-0.1, -0.05) is 55.8 Å². The molecule has 0 spiro atoms. The van der Waals surface area contributed by atoms with E-state index in [2.05, 4.69) is 42.5 Å². The van der Waals surface area contributed by atoms with Gasteiger partial charge in [-0.05, 0) is 200 Å². The molecule has 15 bridgehead atoms. The van der Waals surface area contributed by atoms with Crippen molar-refractivity contribution in [3.05, 3.63) is 153 Å². The van der Waals surface area contributed by atoms with Gasteiger partial charge < -0.3 is 117 Å². The van der Waals surface area contributed by atoms with Crippen molar-refractivity contribution in [2.75, 3.05) is 33.5 Å². The highest BCUT2D eigenvalue weighted by Crippen LogP contribution is 2.56. The van der Waals surface area contributed by atoms with Gasteiger partial charge in [-0.2, -0.15) is 0 Å². The lowest BCUT2D eigenvalue weighted by molar-refractivity contribution is -0.277. The molecule has 0 unspecified atom stereocenters. The summed E-state index contributed by atoms with van der Waals surface area (Å²) in [5.74, 6) is -14.8. The van der Waals surface area contributed by atoms with Gasteiger partial charge in [0.25, 0.3) is 10.0 Å². The van der Waals surface area contributed by atoms with Crippen molar-refractivity contribution >= 4 is 68.9 Å². The average molecular weight is 1650 g/mol. The number of amides is 8.